The van der Waals surface area contributed by atoms with Crippen molar-refractivity contribution >= 4 is 16.9 Å². The molecule has 0 amide bonds. The fourth-order valence-corrected chi connectivity index (χ4v) is 2.98. The normalized spacial score (nSPS) is 10.8. The van der Waals surface area contributed by atoms with Crippen molar-refractivity contribution in [2.75, 3.05) is 20.3 Å². The van der Waals surface area contributed by atoms with Crippen LogP contribution in [0.5, 0.6) is 11.6 Å². The maximum absolute atomic E-state index is 12.6. The van der Waals surface area contributed by atoms with Crippen molar-refractivity contribution in [3.63, 3.8) is 0 Å². The number of nitrogens with zero attached hydrogens (tertiary/aromatic N) is 1. The van der Waals surface area contributed by atoms with Crippen molar-refractivity contribution in [3.8, 4) is 22.8 Å². The fourth-order valence-electron chi connectivity index (χ4n) is 2.98. The van der Waals surface area contributed by atoms with Gasteiger partial charge in [-0.15, -0.1) is 0 Å². The molecule has 1 aromatic carbocycles. The fraction of sp³-hybridized carbons (Fsp3) is 0.333. The van der Waals surface area contributed by atoms with Crippen LogP contribution in [0.2, 0.25) is 0 Å². The maximum atomic E-state index is 12.6. The molecule has 3 rings (SSSR count). The lowest BCUT2D eigenvalue weighted by Gasteiger charge is -2.09. The molecule has 27 heavy (non-hydrogen) atoms. The Morgan fingerprint density at radius 3 is 2.81 bits per heavy atom. The molecule has 0 radical (unpaired) electrons. The van der Waals surface area contributed by atoms with Crippen LogP contribution >= 0.6 is 0 Å². The Morgan fingerprint density at radius 1 is 1.22 bits per heavy atom. The third kappa shape index (κ3) is 3.89. The number of carbonyl (C=O) groups excluding carboxylic acids is 1. The number of esters is 1. The Bertz CT molecular complexity index is 933. The Kier molecular flexibility index (Phi) is 5.96. The van der Waals surface area contributed by atoms with Gasteiger partial charge < -0.3 is 19.2 Å². The minimum absolute atomic E-state index is 0.295. The zero-order valence-electron chi connectivity index (χ0n) is 15.9. The number of pyridine rings is 1. The number of methoxy groups -OCH3 is 1. The molecule has 2 heterocycles. The molecule has 6 nitrogen and oxygen atoms in total. The van der Waals surface area contributed by atoms with E-state index >= 15 is 0 Å². The van der Waals surface area contributed by atoms with Gasteiger partial charge in [-0.2, -0.15) is 0 Å². The van der Waals surface area contributed by atoms with Crippen LogP contribution in [0.15, 0.2) is 36.5 Å². The highest BCUT2D eigenvalue weighted by molar-refractivity contribution is 6.09. The van der Waals surface area contributed by atoms with E-state index in [4.69, 9.17) is 14.2 Å². The number of rotatable bonds is 8. The number of aromatic amines is 1. The van der Waals surface area contributed by atoms with Crippen LogP contribution in [0.25, 0.3) is 22.0 Å². The van der Waals surface area contributed by atoms with Gasteiger partial charge in [-0.1, -0.05) is 13.3 Å². The van der Waals surface area contributed by atoms with Gasteiger partial charge in [0.25, 0.3) is 0 Å². The Labute approximate surface area is 158 Å². The maximum Gasteiger partial charge on any atom is 0.355 e. The van der Waals surface area contributed by atoms with Crippen LogP contribution in [0, 0.1) is 0 Å². The van der Waals surface area contributed by atoms with Gasteiger partial charge >= 0.3 is 5.97 Å². The summed E-state index contributed by atoms with van der Waals surface area (Å²) in [5, 5.41) is 0.860. The number of nitrogens with one attached hydrogen (secondary N) is 1. The molecule has 142 valence electrons. The molecule has 3 aromatic rings. The number of unbranched alkanes of at least 4 members (excludes halogenated alkanes) is 1. The minimum atomic E-state index is -0.414. The van der Waals surface area contributed by atoms with E-state index in [1.165, 1.54) is 0 Å². The third-order valence-electron chi connectivity index (χ3n) is 4.25. The molecule has 0 saturated heterocycles. The standard InChI is InChI=1S/C21H24N2O4/c1-4-6-12-27-14-9-10-17-16(13-14)18(19(23-17)21(24)26-5-2)15-8-7-11-22-20(15)25-3/h7-11,13,23H,4-6,12H2,1-3H3. The summed E-state index contributed by atoms with van der Waals surface area (Å²) in [5.74, 6) is 0.791. The third-order valence-corrected chi connectivity index (χ3v) is 4.25. The second-order valence-corrected chi connectivity index (χ2v) is 6.07. The highest BCUT2D eigenvalue weighted by Crippen LogP contribution is 2.38. The number of hydrogen-bond donors (Lipinski definition) is 1. The molecule has 0 aliphatic rings. The SMILES string of the molecule is CCCCOc1ccc2[nH]c(C(=O)OCC)c(-c3cccnc3OC)c2c1. The van der Waals surface area contributed by atoms with Crippen molar-refractivity contribution in [2.45, 2.75) is 26.7 Å². The Hall–Kier alpha value is -3.02. The summed E-state index contributed by atoms with van der Waals surface area (Å²) < 4.78 is 16.5. The lowest BCUT2D eigenvalue weighted by Crippen LogP contribution is -2.07. The first kappa shape index (κ1) is 18.8. The summed E-state index contributed by atoms with van der Waals surface area (Å²) in [6.07, 6.45) is 3.71. The minimum Gasteiger partial charge on any atom is -0.494 e. The van der Waals surface area contributed by atoms with Gasteiger partial charge in [-0.05, 0) is 43.7 Å². The first-order chi connectivity index (χ1) is 13.2. The van der Waals surface area contributed by atoms with E-state index in [0.717, 1.165) is 35.1 Å². The molecule has 0 saturated carbocycles. The van der Waals surface area contributed by atoms with E-state index in [2.05, 4.69) is 16.9 Å². The van der Waals surface area contributed by atoms with E-state index in [1.54, 1.807) is 20.2 Å². The summed E-state index contributed by atoms with van der Waals surface area (Å²) in [6.45, 7) is 4.85. The molecule has 0 bridgehead atoms. The average Bonchev–Trinajstić information content (AvgIpc) is 3.07. The van der Waals surface area contributed by atoms with Gasteiger partial charge in [0.15, 0.2) is 0 Å². The van der Waals surface area contributed by atoms with Crippen LogP contribution in [0.4, 0.5) is 0 Å². The molecule has 0 aliphatic carbocycles. The second-order valence-electron chi connectivity index (χ2n) is 6.07. The van der Waals surface area contributed by atoms with E-state index in [-0.39, 0.29) is 0 Å². The second kappa shape index (κ2) is 8.58. The van der Waals surface area contributed by atoms with Gasteiger partial charge in [-0.25, -0.2) is 9.78 Å². The van der Waals surface area contributed by atoms with Crippen molar-refractivity contribution < 1.29 is 19.0 Å². The van der Waals surface area contributed by atoms with E-state index in [9.17, 15) is 4.79 Å². The van der Waals surface area contributed by atoms with Crippen LogP contribution < -0.4 is 9.47 Å². The van der Waals surface area contributed by atoms with Crippen LogP contribution in [-0.2, 0) is 4.74 Å². The van der Waals surface area contributed by atoms with Crippen LogP contribution in [-0.4, -0.2) is 36.3 Å². The Morgan fingerprint density at radius 2 is 2.07 bits per heavy atom. The van der Waals surface area contributed by atoms with Crippen molar-refractivity contribution in [1.82, 2.24) is 9.97 Å². The highest BCUT2D eigenvalue weighted by Gasteiger charge is 2.23. The van der Waals surface area contributed by atoms with Crippen LogP contribution in [0.3, 0.4) is 0 Å². The molecule has 0 fully saturated rings. The molecular formula is C21H24N2O4. The number of carbonyl (C=O) groups is 1. The van der Waals surface area contributed by atoms with Gasteiger partial charge in [-0.3, -0.25) is 0 Å². The molecule has 0 unspecified atom stereocenters. The summed E-state index contributed by atoms with van der Waals surface area (Å²) >= 11 is 0. The summed E-state index contributed by atoms with van der Waals surface area (Å²) in [5.41, 5.74) is 2.63. The molecule has 0 spiro atoms. The number of aromatic nitrogens is 2. The molecule has 1 N–H and O–H groups in total. The smallest absolute Gasteiger partial charge is 0.355 e. The summed E-state index contributed by atoms with van der Waals surface area (Å²) in [7, 11) is 1.56. The van der Waals surface area contributed by atoms with E-state index in [1.807, 2.05) is 30.3 Å². The lowest BCUT2D eigenvalue weighted by atomic mass is 10.0. The zero-order chi connectivity index (χ0) is 19.2. The molecule has 6 heteroatoms. The summed E-state index contributed by atoms with van der Waals surface area (Å²) in [4.78, 5) is 20.0. The largest absolute Gasteiger partial charge is 0.494 e. The van der Waals surface area contributed by atoms with Crippen molar-refractivity contribution in [2.24, 2.45) is 0 Å². The molecule has 0 atom stereocenters. The lowest BCUT2D eigenvalue weighted by molar-refractivity contribution is 0.0521. The van der Waals surface area contributed by atoms with Gasteiger partial charge in [0.1, 0.15) is 11.4 Å². The predicted molar refractivity (Wildman–Crippen MR) is 104 cm³/mol. The zero-order valence-corrected chi connectivity index (χ0v) is 15.9. The topological polar surface area (TPSA) is 73.4 Å². The monoisotopic (exact) mass is 368 g/mol. The molecular weight excluding hydrogens is 344 g/mol. The van der Waals surface area contributed by atoms with Gasteiger partial charge in [0.05, 0.1) is 20.3 Å². The van der Waals surface area contributed by atoms with E-state index in [0.29, 0.717) is 30.4 Å². The quantitative estimate of drug-likeness (QED) is 0.465. The van der Waals surface area contributed by atoms with Crippen molar-refractivity contribution in [1.29, 1.82) is 0 Å². The number of benzene rings is 1. The number of hydrogen-bond acceptors (Lipinski definition) is 5. The summed E-state index contributed by atoms with van der Waals surface area (Å²) in [6, 6.07) is 9.43. The first-order valence-electron chi connectivity index (χ1n) is 9.14. The highest BCUT2D eigenvalue weighted by atomic mass is 16.5. The first-order valence-corrected chi connectivity index (χ1v) is 9.14. The Balaban J connectivity index is 2.17. The molecule has 0 aliphatic heterocycles. The average molecular weight is 368 g/mol. The number of ether oxygens (including phenoxy) is 3. The molecule has 2 aromatic heterocycles. The van der Waals surface area contributed by atoms with Crippen molar-refractivity contribution in [3.05, 3.63) is 42.2 Å². The predicted octanol–water partition coefficient (Wildman–Crippen LogP) is 4.59. The number of H-pyrrole nitrogens is 1. The van der Waals surface area contributed by atoms with Crippen LogP contribution in [0.1, 0.15) is 37.2 Å². The van der Waals surface area contributed by atoms with E-state index < -0.39 is 5.97 Å². The number of fused-ring (bicyclic) bond motifs is 1. The van der Waals surface area contributed by atoms with Gasteiger partial charge in [0, 0.05) is 28.2 Å². The van der Waals surface area contributed by atoms with Gasteiger partial charge in [0.2, 0.25) is 5.88 Å².